The third-order valence-electron chi connectivity index (χ3n) is 3.55. The van der Waals surface area contributed by atoms with Gasteiger partial charge in [-0.25, -0.2) is 4.98 Å². The number of imidazole rings is 1. The van der Waals surface area contributed by atoms with E-state index in [2.05, 4.69) is 41.0 Å². The predicted molar refractivity (Wildman–Crippen MR) is 69.7 cm³/mol. The van der Waals surface area contributed by atoms with Crippen LogP contribution in [0.3, 0.4) is 0 Å². The average Bonchev–Trinajstić information content (AvgIpc) is 2.87. The van der Waals surface area contributed by atoms with Gasteiger partial charge in [0, 0.05) is 25.7 Å². The van der Waals surface area contributed by atoms with Gasteiger partial charge in [-0.15, -0.1) is 0 Å². The van der Waals surface area contributed by atoms with E-state index in [-0.39, 0.29) is 0 Å². The molecule has 2 heterocycles. The molecular formula is C14H17N3. The van der Waals surface area contributed by atoms with Crippen molar-refractivity contribution in [2.45, 2.75) is 19.8 Å². The summed E-state index contributed by atoms with van der Waals surface area (Å²) in [5.74, 6) is 1.06. The molecule has 1 aliphatic rings. The molecule has 17 heavy (non-hydrogen) atoms. The first kappa shape index (κ1) is 10.4. The Labute approximate surface area is 101 Å². The van der Waals surface area contributed by atoms with Gasteiger partial charge in [0.15, 0.2) is 0 Å². The number of nitrogens with one attached hydrogen (secondary N) is 1. The van der Waals surface area contributed by atoms with Crippen LogP contribution in [0.5, 0.6) is 0 Å². The van der Waals surface area contributed by atoms with Crippen molar-refractivity contribution in [2.75, 3.05) is 13.6 Å². The zero-order chi connectivity index (χ0) is 11.8. The molecule has 88 valence electrons. The molecule has 2 aromatic rings. The van der Waals surface area contributed by atoms with Crippen molar-refractivity contribution in [3.05, 3.63) is 41.4 Å². The van der Waals surface area contributed by atoms with Gasteiger partial charge >= 0.3 is 0 Å². The van der Waals surface area contributed by atoms with E-state index in [0.29, 0.717) is 0 Å². The Balaban J connectivity index is 1.93. The number of likely N-dealkylation sites (N-methyl/N-ethyl adjacent to an activating group) is 1. The van der Waals surface area contributed by atoms with Gasteiger partial charge in [-0.05, 0) is 25.5 Å². The monoisotopic (exact) mass is 227 g/mol. The number of aromatic amines is 1. The third kappa shape index (κ3) is 1.82. The molecule has 3 nitrogen and oxygen atoms in total. The van der Waals surface area contributed by atoms with E-state index in [4.69, 9.17) is 0 Å². The first-order valence-electron chi connectivity index (χ1n) is 6.07. The molecule has 1 aliphatic heterocycles. The van der Waals surface area contributed by atoms with Gasteiger partial charge in [0.2, 0.25) is 0 Å². The highest BCUT2D eigenvalue weighted by Crippen LogP contribution is 2.24. The topological polar surface area (TPSA) is 31.9 Å². The predicted octanol–water partition coefficient (Wildman–Crippen LogP) is 2.71. The number of allylic oxidation sites excluding steroid dienone is 1. The highest BCUT2D eigenvalue weighted by molar-refractivity contribution is 5.74. The van der Waals surface area contributed by atoms with E-state index in [1.807, 2.05) is 12.1 Å². The number of H-pyrrole nitrogens is 1. The molecule has 3 heteroatoms. The lowest BCUT2D eigenvalue weighted by atomic mass is 10.2. The van der Waals surface area contributed by atoms with Gasteiger partial charge in [0.1, 0.15) is 5.82 Å². The normalized spacial score (nSPS) is 16.2. The number of aromatic nitrogens is 2. The van der Waals surface area contributed by atoms with Crippen LogP contribution in [0.4, 0.5) is 0 Å². The number of hydrogen-bond donors (Lipinski definition) is 1. The van der Waals surface area contributed by atoms with Crippen molar-refractivity contribution in [1.82, 2.24) is 14.9 Å². The van der Waals surface area contributed by atoms with Crippen molar-refractivity contribution in [3.63, 3.8) is 0 Å². The molecule has 0 bridgehead atoms. The summed E-state index contributed by atoms with van der Waals surface area (Å²) < 4.78 is 0. The van der Waals surface area contributed by atoms with Crippen LogP contribution >= 0.6 is 0 Å². The van der Waals surface area contributed by atoms with Gasteiger partial charge < -0.3 is 9.88 Å². The molecule has 0 atom stereocenters. The first-order chi connectivity index (χ1) is 8.24. The molecule has 0 saturated carbocycles. The zero-order valence-corrected chi connectivity index (χ0v) is 10.3. The minimum absolute atomic E-state index is 0.914. The van der Waals surface area contributed by atoms with E-state index in [1.165, 1.54) is 17.7 Å². The van der Waals surface area contributed by atoms with Crippen LogP contribution in [-0.4, -0.2) is 28.5 Å². The fourth-order valence-corrected chi connectivity index (χ4v) is 2.47. The van der Waals surface area contributed by atoms with Crippen molar-refractivity contribution in [1.29, 1.82) is 0 Å². The molecule has 0 spiro atoms. The number of hydrogen-bond acceptors (Lipinski definition) is 2. The lowest BCUT2D eigenvalue weighted by molar-refractivity contribution is 0.447. The Kier molecular flexibility index (Phi) is 2.39. The fraction of sp³-hybridized carbons (Fsp3) is 0.357. The summed E-state index contributed by atoms with van der Waals surface area (Å²) in [7, 11) is 2.16. The SMILES string of the molecule is CC1=C(Cc2nc3ccccc3[nH]2)N(C)CC1. The molecule has 0 aliphatic carbocycles. The van der Waals surface area contributed by atoms with Gasteiger partial charge in [0.05, 0.1) is 11.0 Å². The van der Waals surface area contributed by atoms with Crippen LogP contribution in [0.1, 0.15) is 19.2 Å². The van der Waals surface area contributed by atoms with Crippen LogP contribution in [0.15, 0.2) is 35.5 Å². The summed E-state index contributed by atoms with van der Waals surface area (Å²) in [6, 6.07) is 8.19. The average molecular weight is 227 g/mol. The summed E-state index contributed by atoms with van der Waals surface area (Å²) >= 11 is 0. The van der Waals surface area contributed by atoms with E-state index in [9.17, 15) is 0 Å². The number of fused-ring (bicyclic) bond motifs is 1. The number of rotatable bonds is 2. The van der Waals surface area contributed by atoms with Crippen molar-refractivity contribution in [3.8, 4) is 0 Å². The molecule has 3 rings (SSSR count). The van der Waals surface area contributed by atoms with E-state index in [1.54, 1.807) is 0 Å². The molecule has 1 N–H and O–H groups in total. The number of benzene rings is 1. The highest BCUT2D eigenvalue weighted by Gasteiger charge is 2.17. The Morgan fingerprint density at radius 1 is 1.35 bits per heavy atom. The number of para-hydroxylation sites is 2. The summed E-state index contributed by atoms with van der Waals surface area (Å²) in [4.78, 5) is 10.4. The van der Waals surface area contributed by atoms with Crippen LogP contribution in [0.25, 0.3) is 11.0 Å². The van der Waals surface area contributed by atoms with E-state index in [0.717, 1.165) is 29.8 Å². The molecule has 1 aromatic heterocycles. The Hall–Kier alpha value is -1.77. The lowest BCUT2D eigenvalue weighted by Gasteiger charge is -2.15. The minimum atomic E-state index is 0.914. The fourth-order valence-electron chi connectivity index (χ4n) is 2.47. The molecule has 0 fully saturated rings. The van der Waals surface area contributed by atoms with Crippen LogP contribution in [0, 0.1) is 0 Å². The highest BCUT2D eigenvalue weighted by atomic mass is 15.1. The third-order valence-corrected chi connectivity index (χ3v) is 3.55. The second kappa shape index (κ2) is 3.91. The largest absolute Gasteiger partial charge is 0.377 e. The van der Waals surface area contributed by atoms with Crippen LogP contribution in [0.2, 0.25) is 0 Å². The Bertz CT molecular complexity index is 547. The summed E-state index contributed by atoms with van der Waals surface area (Å²) in [6.45, 7) is 3.36. The summed E-state index contributed by atoms with van der Waals surface area (Å²) in [5, 5.41) is 0. The minimum Gasteiger partial charge on any atom is -0.377 e. The van der Waals surface area contributed by atoms with Gasteiger partial charge in [-0.2, -0.15) is 0 Å². The van der Waals surface area contributed by atoms with Crippen LogP contribution in [-0.2, 0) is 6.42 Å². The van der Waals surface area contributed by atoms with Gasteiger partial charge in [-0.1, -0.05) is 17.7 Å². The Morgan fingerprint density at radius 3 is 2.88 bits per heavy atom. The summed E-state index contributed by atoms with van der Waals surface area (Å²) in [5.41, 5.74) is 5.10. The molecule has 0 saturated heterocycles. The van der Waals surface area contributed by atoms with E-state index >= 15 is 0 Å². The van der Waals surface area contributed by atoms with Gasteiger partial charge in [0.25, 0.3) is 0 Å². The maximum absolute atomic E-state index is 4.63. The quantitative estimate of drug-likeness (QED) is 0.855. The zero-order valence-electron chi connectivity index (χ0n) is 10.3. The second-order valence-corrected chi connectivity index (χ2v) is 4.78. The second-order valence-electron chi connectivity index (χ2n) is 4.78. The molecule has 0 amide bonds. The molecule has 0 radical (unpaired) electrons. The standard InChI is InChI=1S/C14H17N3/c1-10-7-8-17(2)13(10)9-14-15-11-5-3-4-6-12(11)16-14/h3-6H,7-9H2,1-2H3,(H,15,16). The van der Waals surface area contributed by atoms with E-state index < -0.39 is 0 Å². The maximum Gasteiger partial charge on any atom is 0.113 e. The molecule has 0 unspecified atom stereocenters. The van der Waals surface area contributed by atoms with Crippen molar-refractivity contribution in [2.24, 2.45) is 0 Å². The lowest BCUT2D eigenvalue weighted by Crippen LogP contribution is -2.15. The Morgan fingerprint density at radius 2 is 2.18 bits per heavy atom. The smallest absolute Gasteiger partial charge is 0.113 e. The van der Waals surface area contributed by atoms with Crippen molar-refractivity contribution < 1.29 is 0 Å². The molecular weight excluding hydrogens is 210 g/mol. The van der Waals surface area contributed by atoms with Crippen LogP contribution < -0.4 is 0 Å². The first-order valence-corrected chi connectivity index (χ1v) is 6.07. The maximum atomic E-state index is 4.63. The summed E-state index contributed by atoms with van der Waals surface area (Å²) in [6.07, 6.45) is 2.10. The number of nitrogens with zero attached hydrogens (tertiary/aromatic N) is 2. The molecule has 1 aromatic carbocycles. The van der Waals surface area contributed by atoms with Gasteiger partial charge in [-0.3, -0.25) is 0 Å². The van der Waals surface area contributed by atoms with Crippen molar-refractivity contribution >= 4 is 11.0 Å².